The molecule has 1 aromatic carbocycles. The maximum Gasteiger partial charge on any atom is 0.313 e. The van der Waals surface area contributed by atoms with Crippen LogP contribution in [0.25, 0.3) is 11.0 Å². The fraction of sp³-hybridized carbons (Fsp3) is 0.429. The summed E-state index contributed by atoms with van der Waals surface area (Å²) in [7, 11) is 0. The number of nitrogens with zero attached hydrogens (tertiary/aromatic N) is 2. The molecule has 1 aliphatic heterocycles. The minimum atomic E-state index is -0.901. The van der Waals surface area contributed by atoms with Crippen molar-refractivity contribution < 1.29 is 19.0 Å². The Kier molecular flexibility index (Phi) is 4.12. The van der Waals surface area contributed by atoms with E-state index < -0.39 is 5.97 Å². The van der Waals surface area contributed by atoms with Crippen molar-refractivity contribution in [3.63, 3.8) is 0 Å². The van der Waals surface area contributed by atoms with Crippen LogP contribution in [0.4, 0.5) is 4.39 Å². The van der Waals surface area contributed by atoms with E-state index in [1.165, 1.54) is 12.1 Å². The molecule has 2 aromatic rings. The van der Waals surface area contributed by atoms with Gasteiger partial charge in [0.25, 0.3) is 0 Å². The Hall–Kier alpha value is -1.60. The maximum absolute atomic E-state index is 13.3. The highest BCUT2D eigenvalue weighted by Crippen LogP contribution is 2.27. The number of aromatic nitrogens is 2. The quantitative estimate of drug-likeness (QED) is 0.860. The molecule has 0 aliphatic carbocycles. The average molecular weight is 310 g/mol. The van der Waals surface area contributed by atoms with E-state index in [1.807, 2.05) is 4.57 Å². The Morgan fingerprint density at radius 2 is 2.43 bits per heavy atom. The largest absolute Gasteiger partial charge is 0.481 e. The number of benzene rings is 1. The minimum absolute atomic E-state index is 0.0721. The molecule has 2 heterocycles. The molecule has 1 N–H and O–H groups in total. The summed E-state index contributed by atoms with van der Waals surface area (Å²) in [5.74, 6) is -1.32. The smallest absolute Gasteiger partial charge is 0.313 e. The molecule has 3 rings (SSSR count). The fourth-order valence-electron chi connectivity index (χ4n) is 2.49. The van der Waals surface area contributed by atoms with Gasteiger partial charge in [0.15, 0.2) is 5.16 Å². The van der Waals surface area contributed by atoms with Crippen molar-refractivity contribution in [2.45, 2.75) is 30.6 Å². The zero-order valence-corrected chi connectivity index (χ0v) is 12.1. The monoisotopic (exact) mass is 310 g/mol. The Morgan fingerprint density at radius 1 is 1.57 bits per heavy atom. The first-order chi connectivity index (χ1) is 10.1. The van der Waals surface area contributed by atoms with Gasteiger partial charge in [-0.3, -0.25) is 4.79 Å². The van der Waals surface area contributed by atoms with Crippen LogP contribution in [-0.4, -0.2) is 39.1 Å². The Morgan fingerprint density at radius 3 is 3.14 bits per heavy atom. The number of carboxylic acids is 1. The van der Waals surface area contributed by atoms with E-state index in [-0.39, 0.29) is 17.7 Å². The average Bonchev–Trinajstić information content (AvgIpc) is 3.05. The number of hydrogen-bond acceptors (Lipinski definition) is 4. The molecule has 7 heteroatoms. The highest BCUT2D eigenvalue weighted by molar-refractivity contribution is 7.99. The predicted octanol–water partition coefficient (Wildman–Crippen LogP) is 2.53. The van der Waals surface area contributed by atoms with E-state index in [1.54, 1.807) is 6.07 Å². The van der Waals surface area contributed by atoms with Gasteiger partial charge in [0.2, 0.25) is 0 Å². The normalized spacial score (nSPS) is 18.4. The van der Waals surface area contributed by atoms with Gasteiger partial charge >= 0.3 is 5.97 Å². The van der Waals surface area contributed by atoms with Crippen LogP contribution in [-0.2, 0) is 16.1 Å². The van der Waals surface area contributed by atoms with E-state index >= 15 is 0 Å². The van der Waals surface area contributed by atoms with Crippen LogP contribution >= 0.6 is 11.8 Å². The second-order valence-electron chi connectivity index (χ2n) is 4.96. The predicted molar refractivity (Wildman–Crippen MR) is 77.0 cm³/mol. The number of hydrogen-bond donors (Lipinski definition) is 1. The minimum Gasteiger partial charge on any atom is -0.481 e. The Balaban J connectivity index is 1.95. The standard InChI is InChI=1S/C14H15FN2O3S/c15-9-3-4-12-11(6-9)16-14(21-8-13(18)19)17(12)7-10-2-1-5-20-10/h3-4,6,10H,1-2,5,7-8H2,(H,18,19). The van der Waals surface area contributed by atoms with Crippen molar-refractivity contribution in [2.24, 2.45) is 0 Å². The number of carbonyl (C=O) groups is 1. The molecule has 1 atom stereocenters. The topological polar surface area (TPSA) is 64.3 Å². The second-order valence-corrected chi connectivity index (χ2v) is 5.90. The van der Waals surface area contributed by atoms with Crippen molar-refractivity contribution in [1.29, 1.82) is 0 Å². The number of aliphatic carboxylic acids is 1. The van der Waals surface area contributed by atoms with Crippen LogP contribution in [0.5, 0.6) is 0 Å². The summed E-state index contributed by atoms with van der Waals surface area (Å²) < 4.78 is 20.9. The number of thioether (sulfide) groups is 1. The highest BCUT2D eigenvalue weighted by atomic mass is 32.2. The summed E-state index contributed by atoms with van der Waals surface area (Å²) >= 11 is 1.14. The van der Waals surface area contributed by atoms with Crippen molar-refractivity contribution in [3.05, 3.63) is 24.0 Å². The van der Waals surface area contributed by atoms with Gasteiger partial charge in [-0.25, -0.2) is 9.37 Å². The zero-order valence-electron chi connectivity index (χ0n) is 11.3. The summed E-state index contributed by atoms with van der Waals surface area (Å²) in [4.78, 5) is 15.1. The highest BCUT2D eigenvalue weighted by Gasteiger charge is 2.20. The fourth-order valence-corrected chi connectivity index (χ4v) is 3.23. The van der Waals surface area contributed by atoms with E-state index in [2.05, 4.69) is 4.98 Å². The molecule has 0 spiro atoms. The first kappa shape index (κ1) is 14.3. The lowest BCUT2D eigenvalue weighted by Gasteiger charge is -2.13. The van der Waals surface area contributed by atoms with Crippen LogP contribution in [0, 0.1) is 5.82 Å². The number of rotatable bonds is 5. The van der Waals surface area contributed by atoms with Gasteiger partial charge in [-0.1, -0.05) is 11.8 Å². The van der Waals surface area contributed by atoms with E-state index in [9.17, 15) is 9.18 Å². The number of ether oxygens (including phenoxy) is 1. The van der Waals surface area contributed by atoms with Crippen LogP contribution in [0.15, 0.2) is 23.4 Å². The molecular weight excluding hydrogens is 295 g/mol. The van der Waals surface area contributed by atoms with Gasteiger partial charge in [-0.05, 0) is 25.0 Å². The van der Waals surface area contributed by atoms with Gasteiger partial charge in [0.05, 0.1) is 29.4 Å². The van der Waals surface area contributed by atoms with Crippen molar-refractivity contribution >= 4 is 28.8 Å². The third-order valence-electron chi connectivity index (χ3n) is 3.41. The van der Waals surface area contributed by atoms with Crippen LogP contribution in [0.1, 0.15) is 12.8 Å². The molecule has 0 saturated carbocycles. The SMILES string of the molecule is O=C(O)CSc1nc2cc(F)ccc2n1CC1CCCO1. The lowest BCUT2D eigenvalue weighted by Crippen LogP contribution is -2.16. The lowest BCUT2D eigenvalue weighted by atomic mass is 10.2. The summed E-state index contributed by atoms with van der Waals surface area (Å²) in [6.07, 6.45) is 2.12. The van der Waals surface area contributed by atoms with Gasteiger partial charge < -0.3 is 14.4 Å². The number of fused-ring (bicyclic) bond motifs is 1. The first-order valence-electron chi connectivity index (χ1n) is 6.75. The molecule has 112 valence electrons. The van der Waals surface area contributed by atoms with E-state index in [0.717, 1.165) is 36.7 Å². The molecule has 1 saturated heterocycles. The molecule has 0 amide bonds. The van der Waals surface area contributed by atoms with Gasteiger partial charge in [0.1, 0.15) is 5.82 Å². The van der Waals surface area contributed by atoms with Gasteiger partial charge in [-0.2, -0.15) is 0 Å². The maximum atomic E-state index is 13.3. The van der Waals surface area contributed by atoms with Crippen LogP contribution in [0.2, 0.25) is 0 Å². The third-order valence-corrected chi connectivity index (χ3v) is 4.37. The summed E-state index contributed by atoms with van der Waals surface area (Å²) in [6, 6.07) is 4.44. The molecule has 1 fully saturated rings. The molecule has 0 bridgehead atoms. The van der Waals surface area contributed by atoms with Gasteiger partial charge in [0, 0.05) is 12.7 Å². The lowest BCUT2D eigenvalue weighted by molar-refractivity contribution is -0.133. The molecule has 1 unspecified atom stereocenters. The van der Waals surface area contributed by atoms with Gasteiger partial charge in [-0.15, -0.1) is 0 Å². The van der Waals surface area contributed by atoms with E-state index in [0.29, 0.717) is 17.2 Å². The number of carboxylic acid groups (broad SMARTS) is 1. The zero-order chi connectivity index (χ0) is 14.8. The van der Waals surface area contributed by atoms with Crippen LogP contribution < -0.4 is 0 Å². The molecule has 21 heavy (non-hydrogen) atoms. The Labute approximate surface area is 125 Å². The molecule has 1 aromatic heterocycles. The van der Waals surface area contributed by atoms with E-state index in [4.69, 9.17) is 9.84 Å². The molecular formula is C14H15FN2O3S. The molecule has 5 nitrogen and oxygen atoms in total. The van der Waals surface area contributed by atoms with Crippen LogP contribution in [0.3, 0.4) is 0 Å². The summed E-state index contributed by atoms with van der Waals surface area (Å²) in [6.45, 7) is 1.37. The van der Waals surface area contributed by atoms with Crippen molar-refractivity contribution in [1.82, 2.24) is 9.55 Å². The summed E-state index contributed by atoms with van der Waals surface area (Å²) in [5.41, 5.74) is 1.35. The number of halogens is 1. The van der Waals surface area contributed by atoms with Crippen molar-refractivity contribution in [3.8, 4) is 0 Å². The third kappa shape index (κ3) is 3.19. The first-order valence-corrected chi connectivity index (χ1v) is 7.74. The molecule has 0 radical (unpaired) electrons. The number of imidazole rings is 1. The summed E-state index contributed by atoms with van der Waals surface area (Å²) in [5, 5.41) is 9.42. The molecule has 1 aliphatic rings. The van der Waals surface area contributed by atoms with Crippen molar-refractivity contribution in [2.75, 3.05) is 12.4 Å². The Bertz CT molecular complexity index is 668. The second kappa shape index (κ2) is 6.03.